The maximum absolute atomic E-state index is 2.45. The van der Waals surface area contributed by atoms with Crippen LogP contribution in [0.25, 0.3) is 0 Å². The highest BCUT2D eigenvalue weighted by atomic mass is 31.1. The molecule has 1 atom stereocenters. The zero-order chi connectivity index (χ0) is 16.0. The minimum Gasteiger partial charge on any atom is -0.0753 e. The Hall–Kier alpha value is -0.350. The van der Waals surface area contributed by atoms with Crippen molar-refractivity contribution in [2.75, 3.05) is 12.3 Å². The molecule has 0 N–H and O–H groups in total. The van der Waals surface area contributed by atoms with Crippen molar-refractivity contribution in [2.45, 2.75) is 85.0 Å². The van der Waals surface area contributed by atoms with Crippen LogP contribution in [0, 0.1) is 0 Å². The molecule has 0 radical (unpaired) electrons. The summed E-state index contributed by atoms with van der Waals surface area (Å²) in [6, 6.07) is 9.68. The Morgan fingerprint density at radius 1 is 0.636 bits per heavy atom. The third kappa shape index (κ3) is 8.33. The molecule has 126 valence electrons. The minimum absolute atomic E-state index is 0.0907. The SMILES string of the molecule is CCCCCCP(CCCCC)c1ccc(CCCC)cc1. The molecular weight excluding hydrogens is 283 g/mol. The highest BCUT2D eigenvalue weighted by Gasteiger charge is 2.10. The summed E-state index contributed by atoms with van der Waals surface area (Å²) in [5.74, 6) is 0. The van der Waals surface area contributed by atoms with Gasteiger partial charge >= 0.3 is 0 Å². The van der Waals surface area contributed by atoms with Gasteiger partial charge in [-0.15, -0.1) is 0 Å². The molecule has 1 rings (SSSR count). The second-order valence-corrected chi connectivity index (χ2v) is 9.02. The Morgan fingerprint density at radius 2 is 1.18 bits per heavy atom. The first kappa shape index (κ1) is 19.7. The first-order valence-corrected chi connectivity index (χ1v) is 11.4. The molecule has 0 fully saturated rings. The fourth-order valence-corrected chi connectivity index (χ4v) is 5.43. The molecule has 0 aliphatic rings. The first-order chi connectivity index (χ1) is 10.8. The van der Waals surface area contributed by atoms with E-state index in [-0.39, 0.29) is 7.92 Å². The number of unbranched alkanes of at least 4 members (excludes halogenated alkanes) is 6. The van der Waals surface area contributed by atoms with Crippen LogP contribution >= 0.6 is 7.92 Å². The number of rotatable bonds is 13. The van der Waals surface area contributed by atoms with Gasteiger partial charge in [-0.25, -0.2) is 0 Å². The summed E-state index contributed by atoms with van der Waals surface area (Å²) in [7, 11) is 0.0907. The van der Waals surface area contributed by atoms with Gasteiger partial charge in [0.1, 0.15) is 0 Å². The molecule has 0 spiro atoms. The second kappa shape index (κ2) is 13.1. The van der Waals surface area contributed by atoms with Gasteiger partial charge in [-0.2, -0.15) is 0 Å². The molecule has 1 aromatic rings. The van der Waals surface area contributed by atoms with Gasteiger partial charge in [-0.3, -0.25) is 0 Å². The van der Waals surface area contributed by atoms with Crippen molar-refractivity contribution in [3.63, 3.8) is 0 Å². The summed E-state index contributed by atoms with van der Waals surface area (Å²) in [6.45, 7) is 6.89. The highest BCUT2D eigenvalue weighted by molar-refractivity contribution is 7.65. The Morgan fingerprint density at radius 3 is 1.77 bits per heavy atom. The van der Waals surface area contributed by atoms with E-state index in [1.165, 1.54) is 82.1 Å². The van der Waals surface area contributed by atoms with Gasteiger partial charge in [-0.05, 0) is 48.9 Å². The lowest BCUT2D eigenvalue weighted by Crippen LogP contribution is -2.07. The summed E-state index contributed by atoms with van der Waals surface area (Å²) >= 11 is 0. The zero-order valence-corrected chi connectivity index (χ0v) is 16.1. The van der Waals surface area contributed by atoms with Crippen LogP contribution in [0.3, 0.4) is 0 Å². The van der Waals surface area contributed by atoms with E-state index in [0.717, 1.165) is 0 Å². The Bertz CT molecular complexity index is 355. The predicted molar refractivity (Wildman–Crippen MR) is 105 cm³/mol. The molecule has 0 aromatic heterocycles. The van der Waals surface area contributed by atoms with E-state index >= 15 is 0 Å². The summed E-state index contributed by atoms with van der Waals surface area (Å²) < 4.78 is 0. The van der Waals surface area contributed by atoms with Gasteiger partial charge in [0.15, 0.2) is 0 Å². The number of hydrogen-bond donors (Lipinski definition) is 0. The van der Waals surface area contributed by atoms with Crippen molar-refractivity contribution in [1.29, 1.82) is 0 Å². The quantitative estimate of drug-likeness (QED) is 0.274. The lowest BCUT2D eigenvalue weighted by molar-refractivity contribution is 0.704. The summed E-state index contributed by atoms with van der Waals surface area (Å²) in [5.41, 5.74) is 1.53. The smallest absolute Gasteiger partial charge is 0.0240 e. The van der Waals surface area contributed by atoms with Crippen molar-refractivity contribution in [1.82, 2.24) is 0 Å². The van der Waals surface area contributed by atoms with Gasteiger partial charge in [0.05, 0.1) is 0 Å². The van der Waals surface area contributed by atoms with Gasteiger partial charge < -0.3 is 0 Å². The maximum atomic E-state index is 2.45. The van der Waals surface area contributed by atoms with E-state index in [2.05, 4.69) is 45.0 Å². The Balaban J connectivity index is 2.55. The molecular formula is C21H37P. The maximum Gasteiger partial charge on any atom is -0.0240 e. The van der Waals surface area contributed by atoms with Crippen molar-refractivity contribution in [3.05, 3.63) is 29.8 Å². The molecule has 22 heavy (non-hydrogen) atoms. The molecule has 0 nitrogen and oxygen atoms in total. The Labute approximate surface area is 140 Å². The highest BCUT2D eigenvalue weighted by Crippen LogP contribution is 2.37. The molecule has 1 aromatic carbocycles. The molecule has 0 aliphatic carbocycles. The first-order valence-electron chi connectivity index (χ1n) is 9.65. The lowest BCUT2D eigenvalue weighted by atomic mass is 10.1. The van der Waals surface area contributed by atoms with Crippen LogP contribution in [0.4, 0.5) is 0 Å². The van der Waals surface area contributed by atoms with Crippen LogP contribution < -0.4 is 5.30 Å². The standard InChI is InChI=1S/C21H37P/c1-4-7-10-12-19-22(18-11-8-5-2)21-16-14-20(15-17-21)13-9-6-3/h14-17H,4-13,18-19H2,1-3H3. The fourth-order valence-electron chi connectivity index (χ4n) is 2.91. The molecule has 1 unspecified atom stereocenters. The monoisotopic (exact) mass is 320 g/mol. The molecule has 0 amide bonds. The number of benzene rings is 1. The molecule has 1 heteroatoms. The average Bonchev–Trinajstić information content (AvgIpc) is 2.56. The van der Waals surface area contributed by atoms with Crippen molar-refractivity contribution < 1.29 is 0 Å². The van der Waals surface area contributed by atoms with Gasteiger partial charge in [0.2, 0.25) is 0 Å². The van der Waals surface area contributed by atoms with Gasteiger partial charge in [0, 0.05) is 0 Å². The zero-order valence-electron chi connectivity index (χ0n) is 15.2. The van der Waals surface area contributed by atoms with Crippen LogP contribution in [-0.2, 0) is 6.42 Å². The molecule has 0 bridgehead atoms. The van der Waals surface area contributed by atoms with Crippen LogP contribution in [0.15, 0.2) is 24.3 Å². The van der Waals surface area contributed by atoms with Gasteiger partial charge in [0.25, 0.3) is 0 Å². The van der Waals surface area contributed by atoms with Crippen molar-refractivity contribution in [2.24, 2.45) is 0 Å². The van der Waals surface area contributed by atoms with Crippen LogP contribution in [0.1, 0.15) is 84.1 Å². The summed E-state index contributed by atoms with van der Waals surface area (Å²) in [5, 5.41) is 1.66. The predicted octanol–water partition coefficient (Wildman–Crippen LogP) is 6.91. The largest absolute Gasteiger partial charge is 0.0753 e. The Kier molecular flexibility index (Phi) is 11.7. The van der Waals surface area contributed by atoms with E-state index < -0.39 is 0 Å². The summed E-state index contributed by atoms with van der Waals surface area (Å²) in [4.78, 5) is 0. The van der Waals surface area contributed by atoms with Crippen LogP contribution in [0.2, 0.25) is 0 Å². The molecule has 0 heterocycles. The molecule has 0 saturated heterocycles. The van der Waals surface area contributed by atoms with Crippen LogP contribution in [-0.4, -0.2) is 12.3 Å². The van der Waals surface area contributed by atoms with Crippen molar-refractivity contribution in [3.8, 4) is 0 Å². The van der Waals surface area contributed by atoms with E-state index in [9.17, 15) is 0 Å². The average molecular weight is 321 g/mol. The normalized spacial score (nSPS) is 12.5. The van der Waals surface area contributed by atoms with E-state index in [1.54, 1.807) is 5.30 Å². The third-order valence-corrected chi connectivity index (χ3v) is 7.17. The molecule has 0 aliphatic heterocycles. The third-order valence-electron chi connectivity index (χ3n) is 4.43. The topological polar surface area (TPSA) is 0 Å². The van der Waals surface area contributed by atoms with E-state index in [1.807, 2.05) is 0 Å². The molecule has 0 saturated carbocycles. The summed E-state index contributed by atoms with van der Waals surface area (Å²) in [6.07, 6.45) is 16.6. The van der Waals surface area contributed by atoms with Crippen LogP contribution in [0.5, 0.6) is 0 Å². The minimum atomic E-state index is 0.0907. The number of aryl methyl sites for hydroxylation is 1. The second-order valence-electron chi connectivity index (χ2n) is 6.52. The van der Waals surface area contributed by atoms with Gasteiger partial charge in [-0.1, -0.05) is 91.5 Å². The van der Waals surface area contributed by atoms with Crippen molar-refractivity contribution >= 4 is 13.2 Å². The lowest BCUT2D eigenvalue weighted by Gasteiger charge is -2.18. The van der Waals surface area contributed by atoms with E-state index in [0.29, 0.717) is 0 Å². The number of hydrogen-bond acceptors (Lipinski definition) is 0. The van der Waals surface area contributed by atoms with E-state index in [4.69, 9.17) is 0 Å². The fraction of sp³-hybridized carbons (Fsp3) is 0.714.